The molecule has 0 aliphatic heterocycles. The van der Waals surface area contributed by atoms with Crippen molar-refractivity contribution >= 4 is 12.4 Å². The Bertz CT molecular complexity index is 197. The Morgan fingerprint density at radius 1 is 1.57 bits per heavy atom. The van der Waals surface area contributed by atoms with Gasteiger partial charge in [-0.2, -0.15) is 0 Å². The van der Waals surface area contributed by atoms with Crippen molar-refractivity contribution in [2.24, 2.45) is 0 Å². The van der Waals surface area contributed by atoms with Crippen LogP contribution in [0, 0.1) is 0 Å². The molecule has 82 valence electrons. The van der Waals surface area contributed by atoms with Gasteiger partial charge in [0.05, 0.1) is 0 Å². The van der Waals surface area contributed by atoms with Crippen LogP contribution >= 0.6 is 0 Å². The summed E-state index contributed by atoms with van der Waals surface area (Å²) in [4.78, 5) is 21.5. The highest BCUT2D eigenvalue weighted by Crippen LogP contribution is 2.09. The van der Waals surface area contributed by atoms with E-state index in [9.17, 15) is 9.59 Å². The molecule has 0 heterocycles. The number of hydrogen-bond donors (Lipinski definition) is 2. The highest BCUT2D eigenvalue weighted by Gasteiger charge is 2.23. The van der Waals surface area contributed by atoms with Crippen molar-refractivity contribution in [2.45, 2.75) is 38.8 Å². The maximum absolute atomic E-state index is 11.4. The number of rotatable bonds is 5. The predicted molar refractivity (Wildman–Crippen MR) is 50.5 cm³/mol. The van der Waals surface area contributed by atoms with Gasteiger partial charge in [-0.1, -0.05) is 0 Å². The van der Waals surface area contributed by atoms with Gasteiger partial charge in [0.25, 0.3) is 0 Å². The maximum atomic E-state index is 11.4. The third-order valence-electron chi connectivity index (χ3n) is 1.38. The summed E-state index contributed by atoms with van der Waals surface area (Å²) in [5, 5.41) is 10.9. The number of ether oxygens (including phenoxy) is 1. The van der Waals surface area contributed by atoms with Gasteiger partial charge in [0.2, 0.25) is 6.41 Å². The Labute approximate surface area is 83.4 Å². The highest BCUT2D eigenvalue weighted by atomic mass is 16.6. The molecule has 0 aromatic rings. The van der Waals surface area contributed by atoms with Crippen molar-refractivity contribution in [3.8, 4) is 0 Å². The molecule has 1 atom stereocenters. The van der Waals surface area contributed by atoms with Crippen LogP contribution in [0.25, 0.3) is 0 Å². The Hall–Kier alpha value is -1.10. The number of aliphatic hydroxyl groups excluding tert-OH is 1. The second-order valence-corrected chi connectivity index (χ2v) is 3.88. The molecule has 1 unspecified atom stereocenters. The second kappa shape index (κ2) is 5.59. The lowest BCUT2D eigenvalue weighted by Crippen LogP contribution is -2.41. The lowest BCUT2D eigenvalue weighted by molar-refractivity contribution is -0.158. The normalized spacial score (nSPS) is 13.1. The molecular formula is C9H17NO4. The van der Waals surface area contributed by atoms with E-state index in [-0.39, 0.29) is 13.0 Å². The highest BCUT2D eigenvalue weighted by molar-refractivity contribution is 5.78. The number of carbonyl (C=O) groups excluding carboxylic acids is 2. The molecule has 0 aromatic heterocycles. The summed E-state index contributed by atoms with van der Waals surface area (Å²) in [5.41, 5.74) is -0.588. The molecule has 0 aromatic carbocycles. The first-order valence-corrected chi connectivity index (χ1v) is 4.44. The van der Waals surface area contributed by atoms with Crippen LogP contribution in [-0.2, 0) is 14.3 Å². The number of nitrogens with one attached hydrogen (secondary N) is 1. The van der Waals surface area contributed by atoms with Gasteiger partial charge < -0.3 is 15.2 Å². The second-order valence-electron chi connectivity index (χ2n) is 3.88. The SMILES string of the molecule is CC(C)(C)OC(=O)C(CCO)NC=O. The molecule has 0 spiro atoms. The van der Waals surface area contributed by atoms with Crippen molar-refractivity contribution < 1.29 is 19.4 Å². The van der Waals surface area contributed by atoms with Gasteiger partial charge in [0.15, 0.2) is 0 Å². The predicted octanol–water partition coefficient (Wildman–Crippen LogP) is -0.175. The van der Waals surface area contributed by atoms with Crippen LogP contribution in [0.15, 0.2) is 0 Å². The summed E-state index contributed by atoms with van der Waals surface area (Å²) in [7, 11) is 0. The molecule has 5 nitrogen and oxygen atoms in total. The zero-order chi connectivity index (χ0) is 11.2. The average molecular weight is 203 g/mol. The first kappa shape index (κ1) is 12.9. The molecule has 0 saturated heterocycles. The van der Waals surface area contributed by atoms with Gasteiger partial charge in [0.1, 0.15) is 11.6 Å². The summed E-state index contributed by atoms with van der Waals surface area (Å²) < 4.78 is 5.03. The van der Waals surface area contributed by atoms with Crippen molar-refractivity contribution in [3.05, 3.63) is 0 Å². The van der Waals surface area contributed by atoms with Gasteiger partial charge in [0, 0.05) is 13.0 Å². The van der Waals surface area contributed by atoms with Gasteiger partial charge in [-0.15, -0.1) is 0 Å². The van der Waals surface area contributed by atoms with Gasteiger partial charge >= 0.3 is 5.97 Å². The van der Waals surface area contributed by atoms with E-state index in [0.717, 1.165) is 0 Å². The summed E-state index contributed by atoms with van der Waals surface area (Å²) in [6, 6.07) is -0.767. The number of aliphatic hydroxyl groups is 1. The van der Waals surface area contributed by atoms with Crippen LogP contribution in [0.1, 0.15) is 27.2 Å². The molecule has 0 bridgehead atoms. The topological polar surface area (TPSA) is 75.6 Å². The molecule has 0 radical (unpaired) electrons. The standard InChI is InChI=1S/C9H17NO4/c1-9(2,3)14-8(13)7(4-5-11)10-6-12/h6-7,11H,4-5H2,1-3H3,(H,10,12). The summed E-state index contributed by atoms with van der Waals surface area (Å²) >= 11 is 0. The molecule has 1 amide bonds. The smallest absolute Gasteiger partial charge is 0.329 e. The molecule has 0 aliphatic carbocycles. The quantitative estimate of drug-likeness (QED) is 0.480. The Morgan fingerprint density at radius 2 is 2.14 bits per heavy atom. The van der Waals surface area contributed by atoms with Crippen molar-refractivity contribution in [1.82, 2.24) is 5.32 Å². The minimum atomic E-state index is -0.767. The molecule has 0 rings (SSSR count). The van der Waals surface area contributed by atoms with E-state index in [0.29, 0.717) is 6.41 Å². The molecule has 0 fully saturated rings. The Balaban J connectivity index is 4.21. The van der Waals surface area contributed by atoms with Crippen LogP contribution in [0.3, 0.4) is 0 Å². The fraction of sp³-hybridized carbons (Fsp3) is 0.778. The fourth-order valence-electron chi connectivity index (χ4n) is 0.853. The molecule has 2 N–H and O–H groups in total. The third kappa shape index (κ3) is 5.53. The Kier molecular flexibility index (Phi) is 5.15. The van der Waals surface area contributed by atoms with Crippen molar-refractivity contribution in [3.63, 3.8) is 0 Å². The van der Waals surface area contributed by atoms with Crippen LogP contribution in [0.5, 0.6) is 0 Å². The minimum absolute atomic E-state index is 0.160. The molecule has 5 heteroatoms. The van der Waals surface area contributed by atoms with E-state index in [1.54, 1.807) is 20.8 Å². The van der Waals surface area contributed by atoms with Gasteiger partial charge in [-0.05, 0) is 20.8 Å². The van der Waals surface area contributed by atoms with Crippen LogP contribution < -0.4 is 5.32 Å². The van der Waals surface area contributed by atoms with E-state index >= 15 is 0 Å². The monoisotopic (exact) mass is 203 g/mol. The van der Waals surface area contributed by atoms with Gasteiger partial charge in [-0.25, -0.2) is 4.79 Å². The Morgan fingerprint density at radius 3 is 2.50 bits per heavy atom. The van der Waals surface area contributed by atoms with E-state index < -0.39 is 17.6 Å². The van der Waals surface area contributed by atoms with E-state index in [1.165, 1.54) is 0 Å². The van der Waals surface area contributed by atoms with Gasteiger partial charge in [-0.3, -0.25) is 4.79 Å². The summed E-state index contributed by atoms with van der Waals surface area (Å²) in [6.45, 7) is 5.04. The largest absolute Gasteiger partial charge is 0.458 e. The third-order valence-corrected chi connectivity index (χ3v) is 1.38. The van der Waals surface area contributed by atoms with E-state index in [1.807, 2.05) is 0 Å². The molecule has 0 aliphatic rings. The van der Waals surface area contributed by atoms with Crippen LogP contribution in [0.4, 0.5) is 0 Å². The first-order chi connectivity index (χ1) is 6.40. The minimum Gasteiger partial charge on any atom is -0.458 e. The van der Waals surface area contributed by atoms with Crippen molar-refractivity contribution in [2.75, 3.05) is 6.61 Å². The van der Waals surface area contributed by atoms with Crippen LogP contribution in [-0.4, -0.2) is 35.7 Å². The number of amides is 1. The summed E-state index contributed by atoms with van der Waals surface area (Å²) in [5.74, 6) is -0.529. The molecular weight excluding hydrogens is 186 g/mol. The zero-order valence-corrected chi connectivity index (χ0v) is 8.74. The lowest BCUT2D eigenvalue weighted by Gasteiger charge is -2.23. The van der Waals surface area contributed by atoms with E-state index in [4.69, 9.17) is 9.84 Å². The first-order valence-electron chi connectivity index (χ1n) is 4.44. The molecule has 14 heavy (non-hydrogen) atoms. The van der Waals surface area contributed by atoms with E-state index in [2.05, 4.69) is 5.32 Å². The lowest BCUT2D eigenvalue weighted by atomic mass is 10.1. The molecule has 0 saturated carbocycles. The van der Waals surface area contributed by atoms with Crippen LogP contribution in [0.2, 0.25) is 0 Å². The summed E-state index contributed by atoms with van der Waals surface area (Å²) in [6.07, 6.45) is 0.581. The fourth-order valence-corrected chi connectivity index (χ4v) is 0.853. The van der Waals surface area contributed by atoms with Crippen molar-refractivity contribution in [1.29, 1.82) is 0 Å². The zero-order valence-electron chi connectivity index (χ0n) is 8.74. The average Bonchev–Trinajstić information content (AvgIpc) is 2.01. The number of carbonyl (C=O) groups is 2. The maximum Gasteiger partial charge on any atom is 0.329 e. The number of hydrogen-bond acceptors (Lipinski definition) is 4. The number of esters is 1.